The predicted octanol–water partition coefficient (Wildman–Crippen LogP) is 1.83. The van der Waals surface area contributed by atoms with Crippen molar-refractivity contribution >= 4 is 15.9 Å². The Balaban J connectivity index is 1.68. The number of sulfonamides is 1. The molecule has 0 atom stereocenters. The Bertz CT molecular complexity index is 730. The van der Waals surface area contributed by atoms with Crippen LogP contribution in [0, 0.1) is 12.8 Å². The highest BCUT2D eigenvalue weighted by atomic mass is 32.2. The van der Waals surface area contributed by atoms with Gasteiger partial charge in [0.2, 0.25) is 10.0 Å². The van der Waals surface area contributed by atoms with Crippen LogP contribution >= 0.6 is 0 Å². The van der Waals surface area contributed by atoms with Crippen LogP contribution < -0.4 is 5.32 Å². The Hall–Kier alpha value is -1.38. The summed E-state index contributed by atoms with van der Waals surface area (Å²) < 4.78 is 32.5. The number of nitrogens with zero attached hydrogens (tertiary/aromatic N) is 2. The number of carbonyl (C=O) groups is 1. The van der Waals surface area contributed by atoms with Crippen LogP contribution in [-0.4, -0.2) is 62.8 Å². The Labute approximate surface area is 155 Å². The highest BCUT2D eigenvalue weighted by Crippen LogP contribution is 2.27. The maximum atomic E-state index is 12.7. The van der Waals surface area contributed by atoms with Gasteiger partial charge in [-0.25, -0.2) is 8.42 Å². The summed E-state index contributed by atoms with van der Waals surface area (Å²) in [6.45, 7) is 8.08. The first-order chi connectivity index (χ1) is 12.4. The van der Waals surface area contributed by atoms with Gasteiger partial charge in [0.1, 0.15) is 10.7 Å². The van der Waals surface area contributed by atoms with Crippen LogP contribution in [0.5, 0.6) is 0 Å². The molecule has 1 aromatic rings. The van der Waals surface area contributed by atoms with Crippen molar-refractivity contribution in [1.82, 2.24) is 14.5 Å². The molecule has 0 aromatic carbocycles. The van der Waals surface area contributed by atoms with E-state index in [0.29, 0.717) is 37.9 Å². The van der Waals surface area contributed by atoms with Crippen molar-refractivity contribution in [3.05, 3.63) is 17.6 Å². The summed E-state index contributed by atoms with van der Waals surface area (Å²) in [5.74, 6) is 0.800. The number of aryl methyl sites for hydroxylation is 1. The molecule has 1 amide bonds. The second-order valence-electron chi connectivity index (χ2n) is 7.19. The number of amides is 1. The standard InChI is InChI=1S/C18H29N3O4S/c1-3-19-13-15-6-10-20(11-7-15)18(22)16-12-17(14(2)25-16)26(23,24)21-8-4-5-9-21/h12,15,19H,3-11,13H2,1-2H3. The van der Waals surface area contributed by atoms with E-state index >= 15 is 0 Å². The van der Waals surface area contributed by atoms with E-state index in [1.54, 1.807) is 11.8 Å². The minimum Gasteiger partial charge on any atom is -0.455 e. The maximum Gasteiger partial charge on any atom is 0.289 e. The lowest BCUT2D eigenvalue weighted by Gasteiger charge is -2.31. The fourth-order valence-electron chi connectivity index (χ4n) is 3.74. The lowest BCUT2D eigenvalue weighted by Crippen LogP contribution is -2.40. The summed E-state index contributed by atoms with van der Waals surface area (Å²) in [6, 6.07) is 1.41. The van der Waals surface area contributed by atoms with Crippen LogP contribution in [0.2, 0.25) is 0 Å². The predicted molar refractivity (Wildman–Crippen MR) is 98.6 cm³/mol. The molecule has 26 heavy (non-hydrogen) atoms. The van der Waals surface area contributed by atoms with Gasteiger partial charge < -0.3 is 14.6 Å². The molecule has 0 aliphatic carbocycles. The molecule has 1 N–H and O–H groups in total. The van der Waals surface area contributed by atoms with Gasteiger partial charge >= 0.3 is 0 Å². The summed E-state index contributed by atoms with van der Waals surface area (Å²) in [6.07, 6.45) is 3.67. The van der Waals surface area contributed by atoms with Gasteiger partial charge in [-0.1, -0.05) is 6.92 Å². The SMILES string of the molecule is CCNCC1CCN(C(=O)c2cc(S(=O)(=O)N3CCCC3)c(C)o2)CC1. The van der Waals surface area contributed by atoms with E-state index in [0.717, 1.165) is 38.8 Å². The van der Waals surface area contributed by atoms with Gasteiger partial charge in [-0.05, 0) is 51.6 Å². The zero-order chi connectivity index (χ0) is 18.7. The molecular weight excluding hydrogens is 354 g/mol. The van der Waals surface area contributed by atoms with E-state index in [4.69, 9.17) is 4.42 Å². The van der Waals surface area contributed by atoms with E-state index in [9.17, 15) is 13.2 Å². The molecule has 0 spiro atoms. The van der Waals surface area contributed by atoms with Gasteiger partial charge in [0.15, 0.2) is 5.76 Å². The number of rotatable bonds is 6. The molecule has 3 heterocycles. The smallest absolute Gasteiger partial charge is 0.289 e. The topological polar surface area (TPSA) is 82.9 Å². The second-order valence-corrected chi connectivity index (χ2v) is 9.09. The summed E-state index contributed by atoms with van der Waals surface area (Å²) in [5, 5.41) is 3.35. The molecule has 8 heteroatoms. The average Bonchev–Trinajstić information content (AvgIpc) is 3.30. The normalized spacial score (nSPS) is 20.0. The Morgan fingerprint density at radius 3 is 2.50 bits per heavy atom. The van der Waals surface area contributed by atoms with Crippen LogP contribution in [0.3, 0.4) is 0 Å². The lowest BCUT2D eigenvalue weighted by molar-refractivity contribution is 0.0657. The van der Waals surface area contributed by atoms with Crippen LogP contribution in [0.4, 0.5) is 0 Å². The van der Waals surface area contributed by atoms with Crippen molar-refractivity contribution in [2.75, 3.05) is 39.3 Å². The van der Waals surface area contributed by atoms with E-state index in [1.807, 2.05) is 0 Å². The van der Waals surface area contributed by atoms with Gasteiger partial charge in [0, 0.05) is 32.2 Å². The molecule has 0 saturated carbocycles. The molecule has 2 fully saturated rings. The molecular formula is C18H29N3O4S. The van der Waals surface area contributed by atoms with Gasteiger partial charge in [-0.3, -0.25) is 4.79 Å². The van der Waals surface area contributed by atoms with E-state index in [2.05, 4.69) is 12.2 Å². The maximum absolute atomic E-state index is 12.7. The van der Waals surface area contributed by atoms with E-state index in [1.165, 1.54) is 10.4 Å². The third-order valence-electron chi connectivity index (χ3n) is 5.35. The largest absolute Gasteiger partial charge is 0.455 e. The Morgan fingerprint density at radius 1 is 1.23 bits per heavy atom. The van der Waals surface area contributed by atoms with E-state index in [-0.39, 0.29) is 16.6 Å². The number of likely N-dealkylation sites (tertiary alicyclic amines) is 1. The Kier molecular flexibility index (Phi) is 6.04. The minimum absolute atomic E-state index is 0.129. The molecule has 146 valence electrons. The quantitative estimate of drug-likeness (QED) is 0.810. The molecule has 2 saturated heterocycles. The van der Waals surface area contributed by atoms with Crippen molar-refractivity contribution in [1.29, 1.82) is 0 Å². The lowest BCUT2D eigenvalue weighted by atomic mass is 9.96. The fourth-order valence-corrected chi connectivity index (χ4v) is 5.42. The van der Waals surface area contributed by atoms with Crippen LogP contribution in [0.25, 0.3) is 0 Å². The fraction of sp³-hybridized carbons (Fsp3) is 0.722. The van der Waals surface area contributed by atoms with E-state index < -0.39 is 10.0 Å². The number of hydrogen-bond donors (Lipinski definition) is 1. The first-order valence-electron chi connectivity index (χ1n) is 9.54. The second kappa shape index (κ2) is 8.10. The molecule has 0 unspecified atom stereocenters. The molecule has 0 radical (unpaired) electrons. The number of piperidine rings is 1. The van der Waals surface area contributed by atoms with Crippen molar-refractivity contribution < 1.29 is 17.6 Å². The molecule has 0 bridgehead atoms. The number of furan rings is 1. The van der Waals surface area contributed by atoms with Crippen LogP contribution in [-0.2, 0) is 10.0 Å². The molecule has 1 aromatic heterocycles. The number of hydrogen-bond acceptors (Lipinski definition) is 5. The minimum atomic E-state index is -3.57. The van der Waals surface area contributed by atoms with Gasteiger partial charge in [-0.15, -0.1) is 0 Å². The first kappa shape index (κ1) is 19.4. The molecule has 2 aliphatic heterocycles. The first-order valence-corrected chi connectivity index (χ1v) is 11.0. The summed E-state index contributed by atoms with van der Waals surface area (Å²) in [5.41, 5.74) is 0. The zero-order valence-corrected chi connectivity index (χ0v) is 16.5. The van der Waals surface area contributed by atoms with Crippen molar-refractivity contribution in [3.8, 4) is 0 Å². The highest BCUT2D eigenvalue weighted by molar-refractivity contribution is 7.89. The van der Waals surface area contributed by atoms with Gasteiger partial charge in [0.05, 0.1) is 0 Å². The van der Waals surface area contributed by atoms with Crippen molar-refractivity contribution in [3.63, 3.8) is 0 Å². The summed E-state index contributed by atoms with van der Waals surface area (Å²) in [7, 11) is -3.57. The van der Waals surface area contributed by atoms with Crippen LogP contribution in [0.15, 0.2) is 15.4 Å². The third kappa shape index (κ3) is 3.97. The third-order valence-corrected chi connectivity index (χ3v) is 7.36. The Morgan fingerprint density at radius 2 is 1.88 bits per heavy atom. The van der Waals surface area contributed by atoms with Crippen molar-refractivity contribution in [2.24, 2.45) is 5.92 Å². The summed E-state index contributed by atoms with van der Waals surface area (Å²) >= 11 is 0. The molecule has 7 nitrogen and oxygen atoms in total. The molecule has 2 aliphatic rings. The summed E-state index contributed by atoms with van der Waals surface area (Å²) in [4.78, 5) is 14.6. The highest BCUT2D eigenvalue weighted by Gasteiger charge is 2.33. The van der Waals surface area contributed by atoms with Gasteiger partial charge in [-0.2, -0.15) is 4.31 Å². The number of nitrogens with one attached hydrogen (secondary N) is 1. The number of carbonyl (C=O) groups excluding carboxylic acids is 1. The van der Waals surface area contributed by atoms with Gasteiger partial charge in [0.25, 0.3) is 5.91 Å². The zero-order valence-electron chi connectivity index (χ0n) is 15.7. The van der Waals surface area contributed by atoms with Crippen molar-refractivity contribution in [2.45, 2.75) is 44.4 Å². The average molecular weight is 384 g/mol. The molecule has 3 rings (SSSR count). The monoisotopic (exact) mass is 383 g/mol. The van der Waals surface area contributed by atoms with Crippen LogP contribution in [0.1, 0.15) is 48.9 Å².